The van der Waals surface area contributed by atoms with Crippen molar-refractivity contribution < 1.29 is 24.7 Å². The standard InChI is InChI=1S/C18H18N2O5Se/c1-25-13-9-7-12(8-10-13)17(26-14-5-3-2-4-6-14)16-18(22)19(23)11-15(21)20(16)24/h2-10,16-17,23-24H,11H2,1H3. The summed E-state index contributed by atoms with van der Waals surface area (Å²) in [4.78, 5) is 24.0. The number of carbonyl (C=O) groups is 2. The van der Waals surface area contributed by atoms with Crippen molar-refractivity contribution in [1.29, 1.82) is 0 Å². The molecule has 8 heteroatoms. The zero-order valence-corrected chi connectivity index (χ0v) is 15.7. The Morgan fingerprint density at radius 3 is 2.35 bits per heavy atom. The van der Waals surface area contributed by atoms with Crippen LogP contribution in [0.5, 0.6) is 5.75 Å². The van der Waals surface area contributed by atoms with Gasteiger partial charge in [-0.1, -0.05) is 0 Å². The molecule has 1 aliphatic rings. The second-order valence-corrected chi connectivity index (χ2v) is 8.25. The Balaban J connectivity index is 2.00. The molecule has 0 aliphatic carbocycles. The van der Waals surface area contributed by atoms with Crippen molar-refractivity contribution in [3.63, 3.8) is 0 Å². The predicted octanol–water partition coefficient (Wildman–Crippen LogP) is 0.584. The Labute approximate surface area is 156 Å². The Bertz CT molecular complexity index is 784. The van der Waals surface area contributed by atoms with Gasteiger partial charge in [0, 0.05) is 0 Å². The molecule has 1 heterocycles. The fourth-order valence-corrected chi connectivity index (χ4v) is 5.35. The Morgan fingerprint density at radius 1 is 1.08 bits per heavy atom. The first-order valence-electron chi connectivity index (χ1n) is 7.88. The number of benzene rings is 2. The van der Waals surface area contributed by atoms with Gasteiger partial charge in [0.15, 0.2) is 0 Å². The van der Waals surface area contributed by atoms with E-state index in [1.54, 1.807) is 31.4 Å². The average Bonchev–Trinajstić information content (AvgIpc) is 2.67. The van der Waals surface area contributed by atoms with Gasteiger partial charge in [-0.15, -0.1) is 0 Å². The molecule has 1 saturated heterocycles. The van der Waals surface area contributed by atoms with E-state index in [1.807, 2.05) is 30.3 Å². The van der Waals surface area contributed by atoms with Gasteiger partial charge in [0.2, 0.25) is 0 Å². The molecule has 2 N–H and O–H groups in total. The van der Waals surface area contributed by atoms with Crippen molar-refractivity contribution >= 4 is 31.2 Å². The second kappa shape index (κ2) is 7.88. The first-order chi connectivity index (χ1) is 12.5. The number of hydrogen-bond donors (Lipinski definition) is 2. The molecule has 2 atom stereocenters. The van der Waals surface area contributed by atoms with Gasteiger partial charge in [0.25, 0.3) is 0 Å². The molecule has 0 radical (unpaired) electrons. The number of carbonyl (C=O) groups excluding carboxylic acids is 2. The van der Waals surface area contributed by atoms with Crippen LogP contribution in [0.25, 0.3) is 0 Å². The van der Waals surface area contributed by atoms with Gasteiger partial charge in [-0.25, -0.2) is 0 Å². The number of hydroxylamine groups is 4. The summed E-state index contributed by atoms with van der Waals surface area (Å²) in [5.74, 6) is -0.763. The van der Waals surface area contributed by atoms with Crippen LogP contribution in [0.1, 0.15) is 10.4 Å². The maximum atomic E-state index is 12.5. The number of amides is 2. The van der Waals surface area contributed by atoms with Gasteiger partial charge < -0.3 is 0 Å². The van der Waals surface area contributed by atoms with Crippen LogP contribution < -0.4 is 9.20 Å². The van der Waals surface area contributed by atoms with Crippen molar-refractivity contribution in [3.8, 4) is 5.75 Å². The molecule has 136 valence electrons. The Hall–Kier alpha value is -2.38. The third kappa shape index (κ3) is 3.73. The Kier molecular flexibility index (Phi) is 5.58. The third-order valence-corrected chi connectivity index (χ3v) is 6.84. The minimum absolute atomic E-state index is 0.282. The van der Waals surface area contributed by atoms with Crippen LogP contribution in [0, 0.1) is 0 Å². The van der Waals surface area contributed by atoms with E-state index in [0.717, 1.165) is 10.0 Å². The van der Waals surface area contributed by atoms with E-state index < -0.39 is 29.2 Å². The SMILES string of the molecule is COc1ccc(C([Se]c2ccccc2)C2C(=O)N(O)CC(=O)N2O)cc1. The van der Waals surface area contributed by atoms with Gasteiger partial charge in [0.1, 0.15) is 0 Å². The van der Waals surface area contributed by atoms with E-state index in [9.17, 15) is 20.0 Å². The van der Waals surface area contributed by atoms with Gasteiger partial charge in [0.05, 0.1) is 0 Å². The van der Waals surface area contributed by atoms with Crippen molar-refractivity contribution in [3.05, 3.63) is 60.2 Å². The number of piperazine rings is 1. The van der Waals surface area contributed by atoms with Crippen molar-refractivity contribution in [2.45, 2.75) is 10.9 Å². The van der Waals surface area contributed by atoms with Crippen LogP contribution in [-0.2, 0) is 9.59 Å². The monoisotopic (exact) mass is 422 g/mol. The zero-order chi connectivity index (χ0) is 18.7. The van der Waals surface area contributed by atoms with E-state index in [1.165, 1.54) is 0 Å². The molecule has 3 rings (SSSR count). The summed E-state index contributed by atoms with van der Waals surface area (Å²) in [5.41, 5.74) is 0.773. The summed E-state index contributed by atoms with van der Waals surface area (Å²) >= 11 is -0.282. The molecule has 0 bridgehead atoms. The summed E-state index contributed by atoms with van der Waals surface area (Å²) in [6.45, 7) is -0.556. The molecule has 1 fully saturated rings. The molecule has 2 amide bonds. The summed E-state index contributed by atoms with van der Waals surface area (Å²) in [7, 11) is 1.56. The molecule has 1 aliphatic heterocycles. The predicted molar refractivity (Wildman–Crippen MR) is 93.5 cm³/mol. The van der Waals surface area contributed by atoms with Crippen LogP contribution in [0.4, 0.5) is 0 Å². The van der Waals surface area contributed by atoms with E-state index in [2.05, 4.69) is 0 Å². The topological polar surface area (TPSA) is 90.3 Å². The van der Waals surface area contributed by atoms with Crippen molar-refractivity contribution in [2.75, 3.05) is 13.7 Å². The van der Waals surface area contributed by atoms with Crippen LogP contribution in [0.15, 0.2) is 54.6 Å². The average molecular weight is 421 g/mol. The van der Waals surface area contributed by atoms with E-state index in [-0.39, 0.29) is 15.0 Å². The van der Waals surface area contributed by atoms with Crippen LogP contribution >= 0.6 is 0 Å². The van der Waals surface area contributed by atoms with Gasteiger partial charge in [-0.05, 0) is 0 Å². The van der Waals surface area contributed by atoms with Crippen molar-refractivity contribution in [2.24, 2.45) is 0 Å². The van der Waals surface area contributed by atoms with Crippen molar-refractivity contribution in [1.82, 2.24) is 10.1 Å². The van der Waals surface area contributed by atoms with E-state index in [0.29, 0.717) is 15.9 Å². The van der Waals surface area contributed by atoms with E-state index in [4.69, 9.17) is 4.74 Å². The number of ether oxygens (including phenoxy) is 1. The molecule has 2 aromatic carbocycles. The minimum atomic E-state index is -1.19. The van der Waals surface area contributed by atoms with Crippen LogP contribution in [0.3, 0.4) is 0 Å². The Morgan fingerprint density at radius 2 is 1.73 bits per heavy atom. The summed E-state index contributed by atoms with van der Waals surface area (Å²) < 4.78 is 6.17. The van der Waals surface area contributed by atoms with Gasteiger partial charge >= 0.3 is 157 Å². The number of hydrogen-bond acceptors (Lipinski definition) is 5. The van der Waals surface area contributed by atoms with Gasteiger partial charge in [-0.3, -0.25) is 0 Å². The third-order valence-electron chi connectivity index (χ3n) is 4.05. The quantitative estimate of drug-likeness (QED) is 0.545. The normalized spacial score (nSPS) is 18.8. The van der Waals surface area contributed by atoms with Crippen LogP contribution in [0.2, 0.25) is 0 Å². The fourth-order valence-electron chi connectivity index (χ4n) is 2.70. The molecule has 2 unspecified atom stereocenters. The maximum absolute atomic E-state index is 12.5. The molecule has 0 saturated carbocycles. The fraction of sp³-hybridized carbons (Fsp3) is 0.222. The molecule has 2 aromatic rings. The second-order valence-electron chi connectivity index (χ2n) is 5.70. The number of rotatable bonds is 5. The first-order valence-corrected chi connectivity index (χ1v) is 9.72. The van der Waals surface area contributed by atoms with Gasteiger partial charge in [-0.2, -0.15) is 0 Å². The summed E-state index contributed by atoms with van der Waals surface area (Å²) in [6, 6.07) is 15.5. The first kappa shape index (κ1) is 18.4. The zero-order valence-electron chi connectivity index (χ0n) is 14.0. The molecule has 26 heavy (non-hydrogen) atoms. The summed E-state index contributed by atoms with van der Waals surface area (Å²) in [6.07, 6.45) is 0. The molecular formula is C18H18N2O5Se. The molecule has 0 spiro atoms. The molecule has 7 nitrogen and oxygen atoms in total. The van der Waals surface area contributed by atoms with E-state index >= 15 is 0 Å². The number of methoxy groups -OCH3 is 1. The molecular weight excluding hydrogens is 403 g/mol. The summed E-state index contributed by atoms with van der Waals surface area (Å²) in [5, 5.41) is 20.9. The molecule has 0 aromatic heterocycles. The number of nitrogens with zero attached hydrogens (tertiary/aromatic N) is 2. The van der Waals surface area contributed by atoms with Crippen LogP contribution in [-0.4, -0.2) is 67.0 Å².